The molecular formula is C8H15F3N2O3S. The van der Waals surface area contributed by atoms with Crippen LogP contribution in [0.15, 0.2) is 0 Å². The van der Waals surface area contributed by atoms with E-state index < -0.39 is 41.0 Å². The number of morpholine rings is 1. The van der Waals surface area contributed by atoms with Crippen molar-refractivity contribution in [3.63, 3.8) is 0 Å². The molecule has 0 radical (unpaired) electrons. The van der Waals surface area contributed by atoms with Crippen LogP contribution in [-0.4, -0.2) is 50.6 Å². The maximum atomic E-state index is 11.9. The highest BCUT2D eigenvalue weighted by molar-refractivity contribution is 7.89. The summed E-state index contributed by atoms with van der Waals surface area (Å²) in [6, 6.07) is 0. The van der Waals surface area contributed by atoms with Crippen LogP contribution in [0.5, 0.6) is 0 Å². The van der Waals surface area contributed by atoms with E-state index in [0.717, 1.165) is 4.31 Å². The molecule has 1 rings (SSSR count). The quantitative estimate of drug-likeness (QED) is 0.800. The van der Waals surface area contributed by atoms with Gasteiger partial charge in [0.2, 0.25) is 10.0 Å². The second-order valence-electron chi connectivity index (χ2n) is 3.79. The maximum absolute atomic E-state index is 11.9. The molecule has 1 heterocycles. The van der Waals surface area contributed by atoms with Gasteiger partial charge in [-0.15, -0.1) is 0 Å². The van der Waals surface area contributed by atoms with Crippen LogP contribution in [-0.2, 0) is 14.8 Å². The standard InChI is InChI=1S/C8H15F3N2O3S/c9-8(10,11)2-1-5-17(14,15)13-3-4-16-6-7(13)12/h7H,1-6,12H2. The fraction of sp³-hybridized carbons (Fsp3) is 1.00. The average molecular weight is 276 g/mol. The van der Waals surface area contributed by atoms with E-state index in [4.69, 9.17) is 10.5 Å². The van der Waals surface area contributed by atoms with E-state index >= 15 is 0 Å². The van der Waals surface area contributed by atoms with E-state index in [2.05, 4.69) is 0 Å². The Balaban J connectivity index is 2.50. The molecule has 0 bridgehead atoms. The monoisotopic (exact) mass is 276 g/mol. The van der Waals surface area contributed by atoms with Crippen molar-refractivity contribution in [1.29, 1.82) is 0 Å². The lowest BCUT2D eigenvalue weighted by atomic mass is 10.3. The van der Waals surface area contributed by atoms with Gasteiger partial charge >= 0.3 is 6.18 Å². The molecule has 0 saturated carbocycles. The van der Waals surface area contributed by atoms with E-state index in [1.165, 1.54) is 0 Å². The highest BCUT2D eigenvalue weighted by Gasteiger charge is 2.32. The predicted octanol–water partition coefficient (Wildman–Crippen LogP) is 0.276. The fourth-order valence-electron chi connectivity index (χ4n) is 1.53. The van der Waals surface area contributed by atoms with Gasteiger partial charge in [-0.25, -0.2) is 8.42 Å². The molecule has 2 N–H and O–H groups in total. The molecule has 0 aromatic heterocycles. The first-order valence-corrected chi connectivity index (χ1v) is 6.73. The summed E-state index contributed by atoms with van der Waals surface area (Å²) in [5.41, 5.74) is 5.52. The number of alkyl halides is 3. The summed E-state index contributed by atoms with van der Waals surface area (Å²) in [7, 11) is -3.73. The Bertz CT molecular complexity index is 344. The predicted molar refractivity (Wildman–Crippen MR) is 54.6 cm³/mol. The smallest absolute Gasteiger partial charge is 0.377 e. The van der Waals surface area contributed by atoms with Crippen molar-refractivity contribution in [1.82, 2.24) is 4.31 Å². The number of hydrogen-bond acceptors (Lipinski definition) is 4. The first-order valence-electron chi connectivity index (χ1n) is 5.12. The summed E-state index contributed by atoms with van der Waals surface area (Å²) in [4.78, 5) is 0. The lowest BCUT2D eigenvalue weighted by Crippen LogP contribution is -2.53. The molecule has 0 aromatic carbocycles. The van der Waals surface area contributed by atoms with Crippen molar-refractivity contribution in [2.75, 3.05) is 25.5 Å². The van der Waals surface area contributed by atoms with Gasteiger partial charge in [0.05, 0.1) is 25.1 Å². The Hall–Kier alpha value is -0.380. The third-order valence-corrected chi connectivity index (χ3v) is 4.31. The molecule has 1 aliphatic heterocycles. The van der Waals surface area contributed by atoms with Crippen LogP contribution in [0.2, 0.25) is 0 Å². The fourth-order valence-corrected chi connectivity index (χ4v) is 3.09. The molecular weight excluding hydrogens is 261 g/mol. The maximum Gasteiger partial charge on any atom is 0.389 e. The minimum Gasteiger partial charge on any atom is -0.377 e. The molecule has 102 valence electrons. The van der Waals surface area contributed by atoms with Crippen molar-refractivity contribution in [3.8, 4) is 0 Å². The Labute approximate surface area is 97.8 Å². The Morgan fingerprint density at radius 1 is 1.41 bits per heavy atom. The van der Waals surface area contributed by atoms with Gasteiger partial charge in [-0.3, -0.25) is 0 Å². The molecule has 5 nitrogen and oxygen atoms in total. The second kappa shape index (κ2) is 5.51. The lowest BCUT2D eigenvalue weighted by Gasteiger charge is -2.31. The van der Waals surface area contributed by atoms with Crippen molar-refractivity contribution in [3.05, 3.63) is 0 Å². The average Bonchev–Trinajstić information content (AvgIpc) is 2.15. The zero-order valence-electron chi connectivity index (χ0n) is 9.11. The number of nitrogens with two attached hydrogens (primary N) is 1. The molecule has 17 heavy (non-hydrogen) atoms. The van der Waals surface area contributed by atoms with Gasteiger partial charge in [-0.1, -0.05) is 0 Å². The number of halogens is 3. The van der Waals surface area contributed by atoms with Gasteiger partial charge in [-0.05, 0) is 6.42 Å². The highest BCUT2D eigenvalue weighted by atomic mass is 32.2. The first kappa shape index (κ1) is 14.7. The van der Waals surface area contributed by atoms with Gasteiger partial charge in [0.25, 0.3) is 0 Å². The van der Waals surface area contributed by atoms with E-state index in [1.54, 1.807) is 0 Å². The van der Waals surface area contributed by atoms with Crippen molar-refractivity contribution >= 4 is 10.0 Å². The van der Waals surface area contributed by atoms with Crippen molar-refractivity contribution in [2.45, 2.75) is 25.2 Å². The van der Waals surface area contributed by atoms with Crippen LogP contribution in [0.25, 0.3) is 0 Å². The lowest BCUT2D eigenvalue weighted by molar-refractivity contribution is -0.134. The molecule has 0 amide bonds. The molecule has 1 fully saturated rings. The van der Waals surface area contributed by atoms with E-state index in [1.807, 2.05) is 0 Å². The Morgan fingerprint density at radius 3 is 2.59 bits per heavy atom. The zero-order chi connectivity index (χ0) is 13.1. The second-order valence-corrected chi connectivity index (χ2v) is 5.83. The van der Waals surface area contributed by atoms with Crippen LogP contribution in [0.1, 0.15) is 12.8 Å². The molecule has 1 saturated heterocycles. The van der Waals surface area contributed by atoms with E-state index in [-0.39, 0.29) is 19.8 Å². The molecule has 0 aromatic rings. The van der Waals surface area contributed by atoms with Crippen molar-refractivity contribution < 1.29 is 26.3 Å². The third-order valence-electron chi connectivity index (χ3n) is 2.33. The summed E-state index contributed by atoms with van der Waals surface area (Å²) in [6.45, 7) is 0.375. The van der Waals surface area contributed by atoms with Gasteiger partial charge in [0.15, 0.2) is 0 Å². The SMILES string of the molecule is NC1COCCN1S(=O)(=O)CCCC(F)(F)F. The molecule has 0 aliphatic carbocycles. The third kappa shape index (κ3) is 4.78. The van der Waals surface area contributed by atoms with Crippen LogP contribution in [0.4, 0.5) is 13.2 Å². The van der Waals surface area contributed by atoms with Gasteiger partial charge in [0.1, 0.15) is 0 Å². The van der Waals surface area contributed by atoms with E-state index in [9.17, 15) is 21.6 Å². The van der Waals surface area contributed by atoms with Gasteiger partial charge in [-0.2, -0.15) is 17.5 Å². The summed E-state index contributed by atoms with van der Waals surface area (Å²) in [5, 5.41) is 0. The number of rotatable bonds is 4. The van der Waals surface area contributed by atoms with Crippen LogP contribution < -0.4 is 5.73 Å². The highest BCUT2D eigenvalue weighted by Crippen LogP contribution is 2.22. The first-order chi connectivity index (χ1) is 7.72. The topological polar surface area (TPSA) is 72.6 Å². The van der Waals surface area contributed by atoms with Crippen LogP contribution in [0, 0.1) is 0 Å². The molecule has 1 unspecified atom stereocenters. The Morgan fingerprint density at radius 2 is 2.06 bits per heavy atom. The number of nitrogens with zero attached hydrogens (tertiary/aromatic N) is 1. The van der Waals surface area contributed by atoms with Gasteiger partial charge in [0, 0.05) is 13.0 Å². The Kier molecular flexibility index (Phi) is 4.76. The normalized spacial score (nSPS) is 23.9. The minimum absolute atomic E-state index is 0.0680. The summed E-state index contributed by atoms with van der Waals surface area (Å²) in [6.07, 6.45) is -6.69. The summed E-state index contributed by atoms with van der Waals surface area (Å²) in [5.74, 6) is -0.541. The number of ether oxygens (including phenoxy) is 1. The molecule has 0 spiro atoms. The summed E-state index contributed by atoms with van der Waals surface area (Å²) >= 11 is 0. The molecule has 1 atom stereocenters. The van der Waals surface area contributed by atoms with E-state index in [0.29, 0.717) is 0 Å². The van der Waals surface area contributed by atoms with Crippen LogP contribution in [0.3, 0.4) is 0 Å². The molecule has 9 heteroatoms. The number of sulfonamides is 1. The largest absolute Gasteiger partial charge is 0.389 e. The number of hydrogen-bond donors (Lipinski definition) is 1. The zero-order valence-corrected chi connectivity index (χ0v) is 9.93. The van der Waals surface area contributed by atoms with Crippen molar-refractivity contribution in [2.24, 2.45) is 5.73 Å². The minimum atomic E-state index is -4.33. The van der Waals surface area contributed by atoms with Crippen LogP contribution >= 0.6 is 0 Å². The summed E-state index contributed by atoms with van der Waals surface area (Å²) < 4.78 is 65.1. The van der Waals surface area contributed by atoms with Gasteiger partial charge < -0.3 is 10.5 Å². The molecule has 1 aliphatic rings.